The monoisotopic (exact) mass is 371 g/mol. The molecule has 0 saturated carbocycles. The summed E-state index contributed by atoms with van der Waals surface area (Å²) in [5, 5.41) is 2.29. The first-order valence-electron chi connectivity index (χ1n) is 8.01. The van der Waals surface area contributed by atoms with Crippen molar-refractivity contribution >= 4 is 23.6 Å². The summed E-state index contributed by atoms with van der Waals surface area (Å²) in [6, 6.07) is 0. The molecule has 0 rings (SSSR count). The molecule has 0 aromatic rings. The van der Waals surface area contributed by atoms with Crippen LogP contribution < -0.4 is 5.32 Å². The van der Waals surface area contributed by atoms with Crippen LogP contribution in [0.2, 0.25) is 0 Å². The van der Waals surface area contributed by atoms with Crippen LogP contribution in [0.5, 0.6) is 0 Å². The van der Waals surface area contributed by atoms with Gasteiger partial charge in [0, 0.05) is 6.42 Å². The molecule has 1 amide bonds. The van der Waals surface area contributed by atoms with Gasteiger partial charge in [-0.1, -0.05) is 13.2 Å². The van der Waals surface area contributed by atoms with Crippen LogP contribution in [0.1, 0.15) is 12.8 Å². The van der Waals surface area contributed by atoms with E-state index in [2.05, 4.69) is 18.5 Å². The second kappa shape index (κ2) is 16.0. The van der Waals surface area contributed by atoms with Crippen LogP contribution in [0.3, 0.4) is 0 Å². The summed E-state index contributed by atoms with van der Waals surface area (Å²) >= 11 is 0. The Balaban J connectivity index is 3.36. The van der Waals surface area contributed by atoms with E-state index >= 15 is 0 Å². The third kappa shape index (κ3) is 15.0. The number of hydrogen-bond acceptors (Lipinski definition) is 8. The molecule has 26 heavy (non-hydrogen) atoms. The number of carbonyl (C=O) groups excluding carboxylic acids is 4. The molecule has 0 atom stereocenters. The fourth-order valence-corrected chi connectivity index (χ4v) is 1.43. The smallest absolute Gasteiger partial charge is 0.325 e. The Bertz CT molecular complexity index is 445. The van der Waals surface area contributed by atoms with Gasteiger partial charge in [-0.15, -0.1) is 0 Å². The van der Waals surface area contributed by atoms with E-state index in [9.17, 15) is 19.2 Å². The van der Waals surface area contributed by atoms with Crippen LogP contribution in [0.15, 0.2) is 25.3 Å². The number of allylic oxidation sites excluding steroid dienone is 1. The van der Waals surface area contributed by atoms with Gasteiger partial charge in [0.2, 0.25) is 5.91 Å². The minimum absolute atomic E-state index is 0.0178. The van der Waals surface area contributed by atoms with Gasteiger partial charge >= 0.3 is 11.9 Å². The summed E-state index contributed by atoms with van der Waals surface area (Å²) in [6.45, 7) is 7.46. The van der Waals surface area contributed by atoms with Crippen molar-refractivity contribution in [3.8, 4) is 0 Å². The van der Waals surface area contributed by atoms with E-state index in [1.54, 1.807) is 0 Å². The summed E-state index contributed by atoms with van der Waals surface area (Å²) in [5.74, 6) is -1.70. The second-order valence-corrected chi connectivity index (χ2v) is 4.76. The number of nitrogens with one attached hydrogen (secondary N) is 1. The van der Waals surface area contributed by atoms with E-state index in [4.69, 9.17) is 18.9 Å². The molecule has 0 radical (unpaired) electrons. The van der Waals surface area contributed by atoms with Crippen molar-refractivity contribution in [3.05, 3.63) is 25.3 Å². The molecule has 0 saturated heterocycles. The number of hydrogen-bond donors (Lipinski definition) is 1. The van der Waals surface area contributed by atoms with Crippen molar-refractivity contribution in [2.45, 2.75) is 12.8 Å². The van der Waals surface area contributed by atoms with E-state index in [0.29, 0.717) is 0 Å². The lowest BCUT2D eigenvalue weighted by Crippen LogP contribution is -2.29. The average molecular weight is 371 g/mol. The van der Waals surface area contributed by atoms with Crippen molar-refractivity contribution in [2.75, 3.05) is 46.2 Å². The van der Waals surface area contributed by atoms with E-state index in [-0.39, 0.29) is 64.8 Å². The van der Waals surface area contributed by atoms with E-state index in [1.165, 1.54) is 0 Å². The van der Waals surface area contributed by atoms with Gasteiger partial charge in [-0.05, 0) is 12.2 Å². The maximum Gasteiger partial charge on any atom is 0.325 e. The highest BCUT2D eigenvalue weighted by molar-refractivity contribution is 5.91. The fourth-order valence-electron chi connectivity index (χ4n) is 1.43. The Hall–Kier alpha value is -2.52. The minimum Gasteiger partial charge on any atom is -0.463 e. The fraction of sp³-hybridized carbons (Fsp3) is 0.529. The van der Waals surface area contributed by atoms with Gasteiger partial charge in [0.15, 0.2) is 5.78 Å². The topological polar surface area (TPSA) is 117 Å². The molecule has 1 N–H and O–H groups in total. The molecule has 0 spiro atoms. The van der Waals surface area contributed by atoms with E-state index in [1.807, 2.05) is 0 Å². The molecule has 0 aromatic heterocycles. The first-order valence-corrected chi connectivity index (χ1v) is 8.01. The summed E-state index contributed by atoms with van der Waals surface area (Å²) in [7, 11) is 0. The molecule has 0 aliphatic carbocycles. The average Bonchev–Trinajstić information content (AvgIpc) is 2.65. The highest BCUT2D eigenvalue weighted by atomic mass is 16.6. The standard InChI is InChI=1S/C17H25NO8/c1-3-14(19)5-6-16(21)25-11-9-23-7-8-24-10-12-26-17(22)13-18-15(20)4-2/h3-4H,1-2,5-13H2,(H,18,20). The normalized spacial score (nSPS) is 9.85. The zero-order valence-electron chi connectivity index (χ0n) is 14.7. The number of amides is 1. The van der Waals surface area contributed by atoms with Gasteiger partial charge in [0.05, 0.1) is 32.8 Å². The predicted molar refractivity (Wildman–Crippen MR) is 91.2 cm³/mol. The Labute approximate surface area is 152 Å². The van der Waals surface area contributed by atoms with E-state index < -0.39 is 17.8 Å². The zero-order chi connectivity index (χ0) is 19.6. The lowest BCUT2D eigenvalue weighted by Gasteiger charge is -2.08. The highest BCUT2D eigenvalue weighted by Crippen LogP contribution is 1.95. The summed E-state index contributed by atoms with van der Waals surface area (Å²) < 4.78 is 20.0. The Morgan fingerprint density at radius 1 is 0.731 bits per heavy atom. The second-order valence-electron chi connectivity index (χ2n) is 4.76. The number of carbonyl (C=O) groups is 4. The molecule has 0 aliphatic rings. The predicted octanol–water partition coefficient (Wildman–Crippen LogP) is -0.0565. The number of ether oxygens (including phenoxy) is 4. The molecular weight excluding hydrogens is 346 g/mol. The molecule has 0 heterocycles. The van der Waals surface area contributed by atoms with Crippen LogP contribution in [-0.4, -0.2) is 69.8 Å². The van der Waals surface area contributed by atoms with Crippen LogP contribution in [-0.2, 0) is 38.1 Å². The quantitative estimate of drug-likeness (QED) is 0.228. The third-order valence-electron chi connectivity index (χ3n) is 2.75. The van der Waals surface area contributed by atoms with E-state index in [0.717, 1.165) is 12.2 Å². The van der Waals surface area contributed by atoms with Gasteiger partial charge in [-0.3, -0.25) is 19.2 Å². The first kappa shape index (κ1) is 23.5. The number of esters is 2. The molecule has 0 unspecified atom stereocenters. The largest absolute Gasteiger partial charge is 0.463 e. The van der Waals surface area contributed by atoms with Gasteiger partial charge in [-0.25, -0.2) is 0 Å². The molecule has 146 valence electrons. The molecule has 0 bridgehead atoms. The Morgan fingerprint density at radius 3 is 1.81 bits per heavy atom. The molecule has 0 fully saturated rings. The minimum atomic E-state index is -0.573. The first-order chi connectivity index (χ1) is 12.5. The van der Waals surface area contributed by atoms with Crippen molar-refractivity contribution in [1.29, 1.82) is 0 Å². The lowest BCUT2D eigenvalue weighted by molar-refractivity contribution is -0.147. The number of rotatable bonds is 16. The molecule has 0 aromatic carbocycles. The third-order valence-corrected chi connectivity index (χ3v) is 2.75. The SMILES string of the molecule is C=CC(=O)CCC(=O)OCCOCCOCCOC(=O)CNC(=O)C=C. The van der Waals surface area contributed by atoms with Crippen molar-refractivity contribution in [1.82, 2.24) is 5.32 Å². The van der Waals surface area contributed by atoms with Crippen molar-refractivity contribution in [3.63, 3.8) is 0 Å². The van der Waals surface area contributed by atoms with Crippen LogP contribution in [0.4, 0.5) is 0 Å². The maximum atomic E-state index is 11.3. The van der Waals surface area contributed by atoms with Gasteiger partial charge in [0.25, 0.3) is 0 Å². The van der Waals surface area contributed by atoms with Gasteiger partial charge in [0.1, 0.15) is 19.8 Å². The molecule has 9 nitrogen and oxygen atoms in total. The Morgan fingerprint density at radius 2 is 1.27 bits per heavy atom. The van der Waals surface area contributed by atoms with Crippen LogP contribution in [0.25, 0.3) is 0 Å². The molecule has 0 aliphatic heterocycles. The highest BCUT2D eigenvalue weighted by Gasteiger charge is 2.06. The van der Waals surface area contributed by atoms with Crippen molar-refractivity contribution < 1.29 is 38.1 Å². The molecule has 9 heteroatoms. The lowest BCUT2D eigenvalue weighted by atomic mass is 10.2. The van der Waals surface area contributed by atoms with Crippen LogP contribution in [0, 0.1) is 0 Å². The summed E-state index contributed by atoms with van der Waals surface area (Å²) in [4.78, 5) is 44.2. The van der Waals surface area contributed by atoms with Gasteiger partial charge in [-0.2, -0.15) is 0 Å². The maximum absolute atomic E-state index is 11.3. The summed E-state index contributed by atoms with van der Waals surface area (Å²) in [5.41, 5.74) is 0. The van der Waals surface area contributed by atoms with Gasteiger partial charge < -0.3 is 24.3 Å². The Kier molecular flexibility index (Phi) is 14.4. The number of ketones is 1. The zero-order valence-corrected chi connectivity index (χ0v) is 14.7. The summed E-state index contributed by atoms with van der Waals surface area (Å²) in [6.07, 6.45) is 2.32. The van der Waals surface area contributed by atoms with Crippen LogP contribution >= 0.6 is 0 Å². The molecular formula is C17H25NO8. The van der Waals surface area contributed by atoms with Crippen molar-refractivity contribution in [2.24, 2.45) is 0 Å².